The molecule has 3 rings (SSSR count). The molecule has 0 spiro atoms. The first kappa shape index (κ1) is 28.6. The highest BCUT2D eigenvalue weighted by molar-refractivity contribution is 7.87. The van der Waals surface area contributed by atoms with Crippen LogP contribution < -0.4 is 23.7 Å². The number of urea groups is 1. The maximum atomic E-state index is 13.3. The third kappa shape index (κ3) is 6.86. The Hall–Kier alpha value is -3.99. The lowest BCUT2D eigenvalue weighted by molar-refractivity contribution is 0.187. The molecule has 0 heterocycles. The predicted octanol–water partition coefficient (Wildman–Crippen LogP) is 5.45. The van der Waals surface area contributed by atoms with E-state index >= 15 is 0 Å². The fraction of sp³-hybridized carbons (Fsp3) is 0.296. The van der Waals surface area contributed by atoms with E-state index in [1.807, 2.05) is 13.8 Å². The third-order valence-electron chi connectivity index (χ3n) is 5.92. The molecule has 2 amide bonds. The number of hydrogen-bond acceptors (Lipinski definition) is 7. The van der Waals surface area contributed by atoms with Crippen molar-refractivity contribution in [3.8, 4) is 23.0 Å². The molecule has 0 aromatic heterocycles. The molecule has 3 aromatic carbocycles. The fourth-order valence-corrected chi connectivity index (χ4v) is 4.52. The first-order valence-electron chi connectivity index (χ1n) is 11.8. The second-order valence-electron chi connectivity index (χ2n) is 8.36. The molecule has 0 fully saturated rings. The highest BCUT2D eigenvalue weighted by Gasteiger charge is 2.23. The van der Waals surface area contributed by atoms with Gasteiger partial charge in [-0.3, -0.25) is 0 Å². The SMILES string of the molecule is CCC(C)N(Cc1ccc(OC)c(OS(=O)(=O)c2ccc(F)cc2)c1)C(=O)Nc1ccc(OC)cc1OC. The zero-order chi connectivity index (χ0) is 27.9. The molecule has 1 unspecified atom stereocenters. The van der Waals surface area contributed by atoms with E-state index in [-0.39, 0.29) is 35.0 Å². The largest absolute Gasteiger partial charge is 0.497 e. The van der Waals surface area contributed by atoms with Crippen LogP contribution in [0.5, 0.6) is 23.0 Å². The summed E-state index contributed by atoms with van der Waals surface area (Å²) in [6.45, 7) is 4.01. The van der Waals surface area contributed by atoms with E-state index in [1.165, 1.54) is 27.4 Å². The first-order chi connectivity index (χ1) is 18.1. The van der Waals surface area contributed by atoms with Crippen LogP contribution in [0.1, 0.15) is 25.8 Å². The van der Waals surface area contributed by atoms with E-state index in [2.05, 4.69) is 5.32 Å². The van der Waals surface area contributed by atoms with Gasteiger partial charge in [0.15, 0.2) is 11.5 Å². The van der Waals surface area contributed by atoms with Crippen molar-refractivity contribution in [3.63, 3.8) is 0 Å². The molecule has 9 nitrogen and oxygen atoms in total. The Morgan fingerprint density at radius 2 is 1.61 bits per heavy atom. The number of hydrogen-bond donors (Lipinski definition) is 1. The van der Waals surface area contributed by atoms with Crippen LogP contribution >= 0.6 is 0 Å². The van der Waals surface area contributed by atoms with Crippen molar-refractivity contribution < 1.29 is 36.0 Å². The average Bonchev–Trinajstić information content (AvgIpc) is 2.91. The van der Waals surface area contributed by atoms with Gasteiger partial charge in [-0.1, -0.05) is 13.0 Å². The summed E-state index contributed by atoms with van der Waals surface area (Å²) < 4.78 is 60.1. The summed E-state index contributed by atoms with van der Waals surface area (Å²) in [5.41, 5.74) is 1.07. The maximum Gasteiger partial charge on any atom is 0.339 e. The number of anilines is 1. The zero-order valence-corrected chi connectivity index (χ0v) is 22.7. The summed E-state index contributed by atoms with van der Waals surface area (Å²) >= 11 is 0. The van der Waals surface area contributed by atoms with Crippen molar-refractivity contribution in [2.75, 3.05) is 26.6 Å². The van der Waals surface area contributed by atoms with E-state index in [1.54, 1.807) is 35.2 Å². The molecular weight excluding hydrogens is 515 g/mol. The van der Waals surface area contributed by atoms with Crippen molar-refractivity contribution in [2.24, 2.45) is 0 Å². The Morgan fingerprint density at radius 3 is 2.21 bits per heavy atom. The van der Waals surface area contributed by atoms with Crippen LogP contribution in [0.3, 0.4) is 0 Å². The van der Waals surface area contributed by atoms with Gasteiger partial charge in [-0.15, -0.1) is 0 Å². The van der Waals surface area contributed by atoms with Crippen LogP contribution in [-0.4, -0.2) is 46.7 Å². The Kier molecular flexibility index (Phi) is 9.40. The maximum absolute atomic E-state index is 13.3. The molecule has 38 heavy (non-hydrogen) atoms. The molecule has 0 aliphatic rings. The van der Waals surface area contributed by atoms with E-state index in [0.717, 1.165) is 24.3 Å². The second kappa shape index (κ2) is 12.5. The van der Waals surface area contributed by atoms with Gasteiger partial charge in [0, 0.05) is 18.7 Å². The van der Waals surface area contributed by atoms with Gasteiger partial charge >= 0.3 is 16.1 Å². The van der Waals surface area contributed by atoms with Gasteiger partial charge in [-0.25, -0.2) is 9.18 Å². The van der Waals surface area contributed by atoms with Crippen LogP contribution in [0.4, 0.5) is 14.9 Å². The number of halogens is 1. The van der Waals surface area contributed by atoms with Crippen molar-refractivity contribution in [1.82, 2.24) is 4.90 Å². The molecule has 204 valence electrons. The number of benzene rings is 3. The number of carbonyl (C=O) groups is 1. The zero-order valence-electron chi connectivity index (χ0n) is 21.9. The summed E-state index contributed by atoms with van der Waals surface area (Å²) in [5, 5.41) is 2.87. The molecular formula is C27H31FN2O7S. The summed E-state index contributed by atoms with van der Waals surface area (Å²) in [6.07, 6.45) is 0.672. The van der Waals surface area contributed by atoms with E-state index in [9.17, 15) is 17.6 Å². The molecule has 0 aliphatic heterocycles. The number of amides is 2. The van der Waals surface area contributed by atoms with Crippen LogP contribution in [0.15, 0.2) is 65.6 Å². The normalized spacial score (nSPS) is 11.8. The van der Waals surface area contributed by atoms with Gasteiger partial charge in [0.1, 0.15) is 22.2 Å². The third-order valence-corrected chi connectivity index (χ3v) is 7.17. The Labute approximate surface area is 222 Å². The van der Waals surface area contributed by atoms with Crippen molar-refractivity contribution in [2.45, 2.75) is 37.8 Å². The van der Waals surface area contributed by atoms with Crippen molar-refractivity contribution >= 4 is 21.8 Å². The first-order valence-corrected chi connectivity index (χ1v) is 13.2. The summed E-state index contributed by atoms with van der Waals surface area (Å²) in [7, 11) is 0.152. The number of nitrogens with one attached hydrogen (secondary N) is 1. The standard InChI is InChI=1S/C27H31FN2O7S/c1-6-18(2)30(27(31)29-23-13-10-21(34-3)16-25(23)36-5)17-19-7-14-24(35-4)26(15-19)37-38(32,33)22-11-8-20(28)9-12-22/h7-16,18H,6,17H2,1-5H3,(H,29,31). The average molecular weight is 547 g/mol. The van der Waals surface area contributed by atoms with Gasteiger partial charge in [0.2, 0.25) is 0 Å². The van der Waals surface area contributed by atoms with Crippen molar-refractivity contribution in [3.05, 3.63) is 72.0 Å². The lowest BCUT2D eigenvalue weighted by atomic mass is 10.1. The quantitative estimate of drug-likeness (QED) is 0.319. The fourth-order valence-electron chi connectivity index (χ4n) is 3.59. The number of nitrogens with zero attached hydrogens (tertiary/aromatic N) is 1. The van der Waals surface area contributed by atoms with Gasteiger partial charge < -0.3 is 28.6 Å². The summed E-state index contributed by atoms with van der Waals surface area (Å²) in [5.74, 6) is 0.574. The Morgan fingerprint density at radius 1 is 0.921 bits per heavy atom. The highest BCUT2D eigenvalue weighted by atomic mass is 32.2. The molecule has 3 aromatic rings. The second-order valence-corrected chi connectivity index (χ2v) is 9.90. The molecule has 11 heteroatoms. The molecule has 0 radical (unpaired) electrons. The van der Waals surface area contributed by atoms with Crippen LogP contribution in [0, 0.1) is 5.82 Å². The van der Waals surface area contributed by atoms with Gasteiger partial charge in [-0.2, -0.15) is 8.42 Å². The van der Waals surface area contributed by atoms with E-state index < -0.39 is 15.9 Å². The molecule has 1 atom stereocenters. The molecule has 0 bridgehead atoms. The van der Waals surface area contributed by atoms with Crippen molar-refractivity contribution in [1.29, 1.82) is 0 Å². The molecule has 0 aliphatic carbocycles. The summed E-state index contributed by atoms with van der Waals surface area (Å²) in [4.78, 5) is 14.7. The number of carbonyl (C=O) groups excluding carboxylic acids is 1. The minimum Gasteiger partial charge on any atom is -0.497 e. The monoisotopic (exact) mass is 546 g/mol. The van der Waals surface area contributed by atoms with Gasteiger partial charge in [-0.05, 0) is 67.4 Å². The highest BCUT2D eigenvalue weighted by Crippen LogP contribution is 2.33. The number of rotatable bonds is 11. The number of methoxy groups -OCH3 is 3. The number of ether oxygens (including phenoxy) is 3. The lowest BCUT2D eigenvalue weighted by Crippen LogP contribution is -2.40. The van der Waals surface area contributed by atoms with Gasteiger partial charge in [0.25, 0.3) is 0 Å². The predicted molar refractivity (Wildman–Crippen MR) is 141 cm³/mol. The Balaban J connectivity index is 1.87. The lowest BCUT2D eigenvalue weighted by Gasteiger charge is -2.29. The van der Waals surface area contributed by atoms with Crippen LogP contribution in [0.2, 0.25) is 0 Å². The molecule has 1 N–H and O–H groups in total. The minimum atomic E-state index is -4.26. The van der Waals surface area contributed by atoms with Crippen LogP contribution in [0.25, 0.3) is 0 Å². The van der Waals surface area contributed by atoms with E-state index in [0.29, 0.717) is 29.2 Å². The topological polar surface area (TPSA) is 103 Å². The molecule has 0 saturated carbocycles. The Bertz CT molecular complexity index is 1360. The van der Waals surface area contributed by atoms with Crippen LogP contribution in [-0.2, 0) is 16.7 Å². The minimum absolute atomic E-state index is 0.0596. The molecule has 0 saturated heterocycles. The smallest absolute Gasteiger partial charge is 0.339 e. The van der Waals surface area contributed by atoms with E-state index in [4.69, 9.17) is 18.4 Å². The summed E-state index contributed by atoms with van der Waals surface area (Å²) in [6, 6.07) is 13.6. The van der Waals surface area contributed by atoms with Gasteiger partial charge in [0.05, 0.1) is 27.0 Å².